The van der Waals surface area contributed by atoms with Crippen molar-refractivity contribution < 1.29 is 8.42 Å². The van der Waals surface area contributed by atoms with Crippen LogP contribution in [0.5, 0.6) is 0 Å². The van der Waals surface area contributed by atoms with Crippen LogP contribution in [0.3, 0.4) is 0 Å². The second kappa shape index (κ2) is 5.03. The van der Waals surface area contributed by atoms with Crippen molar-refractivity contribution in [1.29, 1.82) is 0 Å². The Balaban J connectivity index is 2.18. The minimum atomic E-state index is -3.65. The fourth-order valence-electron chi connectivity index (χ4n) is 1.33. The number of sulfonamides is 1. The number of hydrogen-bond donors (Lipinski definition) is 1. The molecule has 2 aromatic heterocycles. The summed E-state index contributed by atoms with van der Waals surface area (Å²) >= 11 is 4.51. The van der Waals surface area contributed by atoms with E-state index in [1.807, 2.05) is 6.92 Å². The summed E-state index contributed by atoms with van der Waals surface area (Å²) in [7, 11) is -2.13. The molecule has 0 fully saturated rings. The van der Waals surface area contributed by atoms with Gasteiger partial charge in [-0.1, -0.05) is 5.21 Å². The summed E-state index contributed by atoms with van der Waals surface area (Å²) in [5, 5.41) is 8.17. The van der Waals surface area contributed by atoms with Gasteiger partial charge in [-0.25, -0.2) is 22.8 Å². The van der Waals surface area contributed by atoms with Crippen molar-refractivity contribution in [1.82, 2.24) is 24.7 Å². The van der Waals surface area contributed by atoms with Crippen LogP contribution in [-0.4, -0.2) is 28.4 Å². The predicted octanol–water partition coefficient (Wildman–Crippen LogP) is 0.821. The van der Waals surface area contributed by atoms with Gasteiger partial charge in [0.1, 0.15) is 0 Å². The van der Waals surface area contributed by atoms with Crippen molar-refractivity contribution in [3.8, 4) is 0 Å². The van der Waals surface area contributed by atoms with Gasteiger partial charge in [-0.15, -0.1) is 16.4 Å². The third-order valence-electron chi connectivity index (χ3n) is 2.10. The summed E-state index contributed by atoms with van der Waals surface area (Å²) in [5.41, 5.74) is 0. The van der Waals surface area contributed by atoms with Crippen LogP contribution in [0.1, 0.15) is 9.88 Å². The molecule has 2 heterocycles. The van der Waals surface area contributed by atoms with Crippen LogP contribution < -0.4 is 4.72 Å². The van der Waals surface area contributed by atoms with Gasteiger partial charge in [-0.05, 0) is 22.9 Å². The molecule has 2 rings (SSSR count). The number of rotatable bonds is 4. The smallest absolute Gasteiger partial charge is 0.250 e. The van der Waals surface area contributed by atoms with Crippen LogP contribution in [0, 0.1) is 6.92 Å². The zero-order valence-electron chi connectivity index (χ0n) is 9.58. The van der Waals surface area contributed by atoms with Gasteiger partial charge < -0.3 is 0 Å². The van der Waals surface area contributed by atoms with Crippen LogP contribution in [0.4, 0.5) is 0 Å². The molecule has 0 saturated heterocycles. The maximum atomic E-state index is 12.1. The van der Waals surface area contributed by atoms with E-state index in [0.29, 0.717) is 0 Å². The van der Waals surface area contributed by atoms with E-state index in [1.165, 1.54) is 23.1 Å². The summed E-state index contributed by atoms with van der Waals surface area (Å²) in [5.74, 6) is 0. The Morgan fingerprint density at radius 3 is 2.78 bits per heavy atom. The molecule has 10 heteroatoms. The molecule has 0 aliphatic heterocycles. The molecule has 0 atom stereocenters. The lowest BCUT2D eigenvalue weighted by Crippen LogP contribution is -2.25. The fraction of sp³-hybridized carbons (Fsp3) is 0.375. The van der Waals surface area contributed by atoms with E-state index in [-0.39, 0.29) is 16.2 Å². The normalized spacial score (nSPS) is 11.9. The number of halogens is 1. The monoisotopic (exact) mass is 351 g/mol. The van der Waals surface area contributed by atoms with E-state index < -0.39 is 10.0 Å². The Bertz CT molecular complexity index is 643. The van der Waals surface area contributed by atoms with Crippen molar-refractivity contribution >= 4 is 37.3 Å². The van der Waals surface area contributed by atoms with Crippen molar-refractivity contribution in [3.63, 3.8) is 0 Å². The van der Waals surface area contributed by atoms with Gasteiger partial charge in [0.25, 0.3) is 10.0 Å². The van der Waals surface area contributed by atoms with Crippen LogP contribution in [-0.2, 0) is 23.6 Å². The number of aromatic nitrogens is 4. The van der Waals surface area contributed by atoms with Gasteiger partial charge in [-0.2, -0.15) is 0 Å². The zero-order chi connectivity index (χ0) is 13.3. The second-order valence-corrected chi connectivity index (χ2v) is 7.23. The largest absolute Gasteiger partial charge is 0.260 e. The summed E-state index contributed by atoms with van der Waals surface area (Å²) in [6, 6.07) is 0. The van der Waals surface area contributed by atoms with Gasteiger partial charge in [0.05, 0.1) is 5.01 Å². The molecule has 0 aromatic carbocycles. The van der Waals surface area contributed by atoms with Crippen LogP contribution in [0.15, 0.2) is 15.8 Å². The topological polar surface area (TPSA) is 89.8 Å². The van der Waals surface area contributed by atoms with Crippen molar-refractivity contribution in [2.45, 2.75) is 18.5 Å². The maximum absolute atomic E-state index is 12.1. The van der Waals surface area contributed by atoms with E-state index in [9.17, 15) is 8.42 Å². The molecule has 0 spiro atoms. The molecule has 18 heavy (non-hydrogen) atoms. The standard InChI is InChI=1S/C8H10BrN5O2S2/c1-5-10-3-6(17-5)4-11-18(15,16)8-7(9)12-13-14(8)2/h3,11H,4H2,1-2H3. The highest BCUT2D eigenvalue weighted by molar-refractivity contribution is 9.10. The van der Waals surface area contributed by atoms with Gasteiger partial charge in [-0.3, -0.25) is 0 Å². The SMILES string of the molecule is Cc1ncc(CNS(=O)(=O)c2c(Br)nnn2C)s1. The highest BCUT2D eigenvalue weighted by atomic mass is 79.9. The van der Waals surface area contributed by atoms with Gasteiger partial charge >= 0.3 is 0 Å². The Kier molecular flexibility index (Phi) is 3.80. The average Bonchev–Trinajstić information content (AvgIpc) is 2.83. The molecule has 0 aliphatic rings. The number of thiazole rings is 1. The first-order chi connectivity index (χ1) is 8.40. The number of hydrogen-bond acceptors (Lipinski definition) is 6. The highest BCUT2D eigenvalue weighted by Crippen LogP contribution is 2.18. The Morgan fingerprint density at radius 1 is 1.56 bits per heavy atom. The van der Waals surface area contributed by atoms with Crippen LogP contribution in [0.25, 0.3) is 0 Å². The highest BCUT2D eigenvalue weighted by Gasteiger charge is 2.23. The molecule has 0 amide bonds. The molecule has 0 saturated carbocycles. The average molecular weight is 352 g/mol. The van der Waals surface area contributed by atoms with Gasteiger partial charge in [0.2, 0.25) is 5.03 Å². The lowest BCUT2D eigenvalue weighted by Gasteiger charge is -2.04. The molecular formula is C8H10BrN5O2S2. The van der Waals surface area contributed by atoms with E-state index in [4.69, 9.17) is 0 Å². The van der Waals surface area contributed by atoms with E-state index in [0.717, 1.165) is 9.88 Å². The molecule has 7 nitrogen and oxygen atoms in total. The third kappa shape index (κ3) is 2.76. The molecule has 98 valence electrons. The molecule has 0 bridgehead atoms. The minimum absolute atomic E-state index is 0.00346. The van der Waals surface area contributed by atoms with Crippen molar-refractivity contribution in [2.24, 2.45) is 7.05 Å². The van der Waals surface area contributed by atoms with E-state index in [1.54, 1.807) is 6.20 Å². The lowest BCUT2D eigenvalue weighted by molar-refractivity contribution is 0.560. The van der Waals surface area contributed by atoms with E-state index >= 15 is 0 Å². The van der Waals surface area contributed by atoms with Crippen molar-refractivity contribution in [2.75, 3.05) is 0 Å². The summed E-state index contributed by atoms with van der Waals surface area (Å²) in [6.07, 6.45) is 1.65. The maximum Gasteiger partial charge on any atom is 0.260 e. The Labute approximate surface area is 116 Å². The summed E-state index contributed by atoms with van der Waals surface area (Å²) in [4.78, 5) is 4.91. The van der Waals surface area contributed by atoms with Crippen LogP contribution >= 0.6 is 27.3 Å². The first-order valence-electron chi connectivity index (χ1n) is 4.86. The Hall–Kier alpha value is -0.840. The molecule has 1 N–H and O–H groups in total. The molecule has 2 aromatic rings. The first kappa shape index (κ1) is 13.6. The van der Waals surface area contributed by atoms with E-state index in [2.05, 4.69) is 35.9 Å². The number of nitrogens with zero attached hydrogens (tertiary/aromatic N) is 4. The molecule has 0 aliphatic carbocycles. The third-order valence-corrected chi connectivity index (χ3v) is 5.30. The van der Waals surface area contributed by atoms with Gasteiger partial charge in [0.15, 0.2) is 4.60 Å². The summed E-state index contributed by atoms with van der Waals surface area (Å²) < 4.78 is 28.0. The minimum Gasteiger partial charge on any atom is -0.250 e. The number of aryl methyl sites for hydroxylation is 2. The number of nitrogens with one attached hydrogen (secondary N) is 1. The molecule has 0 radical (unpaired) electrons. The lowest BCUT2D eigenvalue weighted by atomic mass is 10.6. The first-order valence-corrected chi connectivity index (χ1v) is 7.95. The second-order valence-electron chi connectivity index (χ2n) is 3.48. The Morgan fingerprint density at radius 2 is 2.28 bits per heavy atom. The zero-order valence-corrected chi connectivity index (χ0v) is 12.8. The predicted molar refractivity (Wildman–Crippen MR) is 69.6 cm³/mol. The summed E-state index contributed by atoms with van der Waals surface area (Å²) in [6.45, 7) is 2.07. The van der Waals surface area contributed by atoms with Gasteiger partial charge in [0, 0.05) is 24.7 Å². The van der Waals surface area contributed by atoms with Crippen LogP contribution in [0.2, 0.25) is 0 Å². The molecular weight excluding hydrogens is 342 g/mol. The fourth-order valence-corrected chi connectivity index (χ4v) is 4.25. The quantitative estimate of drug-likeness (QED) is 0.880. The molecule has 0 unspecified atom stereocenters. The van der Waals surface area contributed by atoms with Crippen molar-refractivity contribution in [3.05, 3.63) is 20.7 Å².